The highest BCUT2D eigenvalue weighted by atomic mass is 16.6. The van der Waals surface area contributed by atoms with Gasteiger partial charge in [0.05, 0.1) is 0 Å². The fourth-order valence-electron chi connectivity index (χ4n) is 7.91. The first-order valence-electron chi connectivity index (χ1n) is 26.1. The molecule has 6 heteroatoms. The summed E-state index contributed by atoms with van der Waals surface area (Å²) in [5.74, 6) is 1.62. The Morgan fingerprint density at radius 2 is 0.593 bits per heavy atom. The molecular weight excluding hydrogens is 733 g/mol. The molecular formula is C53H102O6. The van der Waals surface area contributed by atoms with E-state index in [0.717, 1.165) is 75.5 Å². The van der Waals surface area contributed by atoms with Crippen LogP contribution >= 0.6 is 0 Å². The molecule has 2 atom stereocenters. The summed E-state index contributed by atoms with van der Waals surface area (Å²) in [6.07, 6.45) is 43.8. The molecule has 0 aliphatic carbocycles. The van der Waals surface area contributed by atoms with Crippen LogP contribution in [0.3, 0.4) is 0 Å². The standard InChI is InChI=1S/C53H102O6/c1-7-49(6)41-35-29-23-18-19-24-30-36-42-51(54)57-45-50(46-58-52(55)43-37-31-26-20-22-28-34-40-48(4)5)59-53(56)44-38-32-25-17-15-13-11-9-8-10-12-14-16-21-27-33-39-47(2)3/h47-50H,7-46H2,1-6H3/t49?,50-/m0/s1. The molecule has 0 N–H and O–H groups in total. The highest BCUT2D eigenvalue weighted by Crippen LogP contribution is 2.18. The zero-order valence-electron chi connectivity index (χ0n) is 40.5. The summed E-state index contributed by atoms with van der Waals surface area (Å²) >= 11 is 0. The fourth-order valence-corrected chi connectivity index (χ4v) is 7.91. The van der Waals surface area contributed by atoms with Crippen LogP contribution in [0.5, 0.6) is 0 Å². The first-order valence-corrected chi connectivity index (χ1v) is 26.1. The minimum Gasteiger partial charge on any atom is -0.462 e. The van der Waals surface area contributed by atoms with E-state index in [4.69, 9.17) is 14.2 Å². The van der Waals surface area contributed by atoms with E-state index >= 15 is 0 Å². The third-order valence-corrected chi connectivity index (χ3v) is 12.3. The van der Waals surface area contributed by atoms with Gasteiger partial charge in [-0.2, -0.15) is 0 Å². The molecule has 0 aliphatic rings. The molecule has 0 saturated carbocycles. The van der Waals surface area contributed by atoms with Crippen LogP contribution in [-0.2, 0) is 28.6 Å². The third-order valence-electron chi connectivity index (χ3n) is 12.3. The van der Waals surface area contributed by atoms with E-state index in [1.165, 1.54) is 167 Å². The van der Waals surface area contributed by atoms with Gasteiger partial charge in [0.15, 0.2) is 6.10 Å². The largest absolute Gasteiger partial charge is 0.462 e. The average molecular weight is 835 g/mol. The third kappa shape index (κ3) is 45.8. The van der Waals surface area contributed by atoms with Crippen LogP contribution in [0.1, 0.15) is 286 Å². The molecule has 0 aromatic carbocycles. The molecule has 0 spiro atoms. The van der Waals surface area contributed by atoms with Crippen LogP contribution in [0.25, 0.3) is 0 Å². The van der Waals surface area contributed by atoms with Crippen molar-refractivity contribution < 1.29 is 28.6 Å². The van der Waals surface area contributed by atoms with E-state index in [1.807, 2.05) is 0 Å². The highest BCUT2D eigenvalue weighted by molar-refractivity contribution is 5.71. The van der Waals surface area contributed by atoms with Crippen molar-refractivity contribution in [3.05, 3.63) is 0 Å². The Bertz CT molecular complexity index is 916. The number of ether oxygens (including phenoxy) is 3. The van der Waals surface area contributed by atoms with Crippen LogP contribution in [0.4, 0.5) is 0 Å². The summed E-state index contributed by atoms with van der Waals surface area (Å²) in [5.41, 5.74) is 0. The maximum atomic E-state index is 12.8. The summed E-state index contributed by atoms with van der Waals surface area (Å²) in [4.78, 5) is 37.9. The Labute approximate surface area is 368 Å². The summed E-state index contributed by atoms with van der Waals surface area (Å²) in [6, 6.07) is 0. The van der Waals surface area contributed by atoms with Gasteiger partial charge in [0.25, 0.3) is 0 Å². The van der Waals surface area contributed by atoms with Gasteiger partial charge in [-0.15, -0.1) is 0 Å². The predicted molar refractivity (Wildman–Crippen MR) is 252 cm³/mol. The molecule has 59 heavy (non-hydrogen) atoms. The second-order valence-corrected chi connectivity index (χ2v) is 19.4. The van der Waals surface area contributed by atoms with Crippen molar-refractivity contribution in [1.82, 2.24) is 0 Å². The normalized spacial score (nSPS) is 12.6. The van der Waals surface area contributed by atoms with E-state index in [-0.39, 0.29) is 31.1 Å². The Hall–Kier alpha value is -1.59. The van der Waals surface area contributed by atoms with E-state index < -0.39 is 6.10 Å². The molecule has 0 heterocycles. The Morgan fingerprint density at radius 1 is 0.339 bits per heavy atom. The lowest BCUT2D eigenvalue weighted by atomic mass is 9.99. The van der Waals surface area contributed by atoms with Crippen molar-refractivity contribution in [2.45, 2.75) is 292 Å². The summed E-state index contributed by atoms with van der Waals surface area (Å²) in [7, 11) is 0. The van der Waals surface area contributed by atoms with Crippen molar-refractivity contribution in [3.8, 4) is 0 Å². The fraction of sp³-hybridized carbons (Fsp3) is 0.943. The van der Waals surface area contributed by atoms with Gasteiger partial charge in [0.2, 0.25) is 0 Å². The lowest BCUT2D eigenvalue weighted by Crippen LogP contribution is -2.30. The van der Waals surface area contributed by atoms with E-state index in [9.17, 15) is 14.4 Å². The van der Waals surface area contributed by atoms with Crippen LogP contribution in [0, 0.1) is 17.8 Å². The maximum Gasteiger partial charge on any atom is 0.306 e. The number of hydrogen-bond acceptors (Lipinski definition) is 6. The molecule has 0 amide bonds. The van der Waals surface area contributed by atoms with Crippen molar-refractivity contribution in [3.63, 3.8) is 0 Å². The lowest BCUT2D eigenvalue weighted by Gasteiger charge is -2.18. The minimum absolute atomic E-state index is 0.0656. The van der Waals surface area contributed by atoms with Crippen molar-refractivity contribution in [2.75, 3.05) is 13.2 Å². The number of carbonyl (C=O) groups excluding carboxylic acids is 3. The smallest absolute Gasteiger partial charge is 0.306 e. The van der Waals surface area contributed by atoms with Gasteiger partial charge in [-0.05, 0) is 37.0 Å². The molecule has 1 unspecified atom stereocenters. The average Bonchev–Trinajstić information content (AvgIpc) is 3.20. The molecule has 0 rings (SSSR count). The Morgan fingerprint density at radius 3 is 0.881 bits per heavy atom. The summed E-state index contributed by atoms with van der Waals surface area (Å²) < 4.78 is 16.8. The van der Waals surface area contributed by atoms with Crippen LogP contribution in [-0.4, -0.2) is 37.2 Å². The summed E-state index contributed by atoms with van der Waals surface area (Å²) in [5, 5.41) is 0. The first-order chi connectivity index (χ1) is 28.6. The van der Waals surface area contributed by atoms with Gasteiger partial charge in [0, 0.05) is 19.3 Å². The van der Waals surface area contributed by atoms with Gasteiger partial charge in [-0.3, -0.25) is 14.4 Å². The van der Waals surface area contributed by atoms with Crippen LogP contribution < -0.4 is 0 Å². The minimum atomic E-state index is -0.763. The lowest BCUT2D eigenvalue weighted by molar-refractivity contribution is -0.167. The predicted octanol–water partition coefficient (Wildman–Crippen LogP) is 16.8. The van der Waals surface area contributed by atoms with Gasteiger partial charge >= 0.3 is 17.9 Å². The number of esters is 3. The number of carbonyl (C=O) groups is 3. The number of rotatable bonds is 46. The molecule has 350 valence electrons. The topological polar surface area (TPSA) is 78.9 Å². The quantitative estimate of drug-likeness (QED) is 0.0345. The Kier molecular flexibility index (Phi) is 43.3. The van der Waals surface area contributed by atoms with E-state index in [0.29, 0.717) is 19.3 Å². The molecule has 0 radical (unpaired) electrons. The molecule has 0 aromatic rings. The molecule has 0 bridgehead atoms. The van der Waals surface area contributed by atoms with E-state index in [2.05, 4.69) is 41.5 Å². The molecule has 0 fully saturated rings. The van der Waals surface area contributed by atoms with E-state index in [1.54, 1.807) is 0 Å². The Balaban J connectivity index is 4.27. The van der Waals surface area contributed by atoms with Gasteiger partial charge in [-0.1, -0.05) is 247 Å². The van der Waals surface area contributed by atoms with Crippen molar-refractivity contribution in [2.24, 2.45) is 17.8 Å². The SMILES string of the molecule is CCC(C)CCCCCCCCCCC(=O)OC[C@@H](COC(=O)CCCCCCCCCC(C)C)OC(=O)CCCCCCCCCCCCCCCCCCC(C)C. The second kappa shape index (κ2) is 44.5. The highest BCUT2D eigenvalue weighted by Gasteiger charge is 2.19. The van der Waals surface area contributed by atoms with Crippen LogP contribution in [0.15, 0.2) is 0 Å². The zero-order valence-corrected chi connectivity index (χ0v) is 40.5. The maximum absolute atomic E-state index is 12.8. The number of unbranched alkanes of at least 4 members (excludes halogenated alkanes) is 28. The molecule has 6 nitrogen and oxygen atoms in total. The first kappa shape index (κ1) is 57.4. The van der Waals surface area contributed by atoms with Gasteiger partial charge in [0.1, 0.15) is 13.2 Å². The zero-order chi connectivity index (χ0) is 43.4. The molecule has 0 saturated heterocycles. The van der Waals surface area contributed by atoms with Crippen molar-refractivity contribution >= 4 is 17.9 Å². The van der Waals surface area contributed by atoms with Gasteiger partial charge in [-0.25, -0.2) is 0 Å². The second-order valence-electron chi connectivity index (χ2n) is 19.4. The van der Waals surface area contributed by atoms with Crippen LogP contribution in [0.2, 0.25) is 0 Å². The van der Waals surface area contributed by atoms with Gasteiger partial charge < -0.3 is 14.2 Å². The molecule has 0 aliphatic heterocycles. The molecule has 0 aromatic heterocycles. The van der Waals surface area contributed by atoms with Crippen molar-refractivity contribution in [1.29, 1.82) is 0 Å². The summed E-state index contributed by atoms with van der Waals surface area (Å²) in [6.45, 7) is 13.7. The number of hydrogen-bond donors (Lipinski definition) is 0. The monoisotopic (exact) mass is 835 g/mol.